The topological polar surface area (TPSA) is 120 Å². The summed E-state index contributed by atoms with van der Waals surface area (Å²) in [5.74, 6) is -0.991. The summed E-state index contributed by atoms with van der Waals surface area (Å²) < 4.78 is 58.8. The van der Waals surface area contributed by atoms with E-state index in [4.69, 9.17) is 19.9 Å². The van der Waals surface area contributed by atoms with Crippen LogP contribution in [0.3, 0.4) is 0 Å². The highest BCUT2D eigenvalue weighted by molar-refractivity contribution is 7.92. The van der Waals surface area contributed by atoms with Gasteiger partial charge in [0.1, 0.15) is 18.0 Å². The van der Waals surface area contributed by atoms with Crippen LogP contribution < -0.4 is 19.5 Å². The largest absolute Gasteiger partial charge is 0.465 e. The van der Waals surface area contributed by atoms with Crippen LogP contribution >= 0.6 is 0 Å². The van der Waals surface area contributed by atoms with E-state index in [-0.39, 0.29) is 24.8 Å². The van der Waals surface area contributed by atoms with Crippen LogP contribution in [0.2, 0.25) is 0 Å². The maximum atomic E-state index is 15.6. The molecule has 1 atom stereocenters. The summed E-state index contributed by atoms with van der Waals surface area (Å²) in [6.45, 7) is 0.481. The van der Waals surface area contributed by atoms with Gasteiger partial charge in [-0.1, -0.05) is 0 Å². The highest BCUT2D eigenvalue weighted by atomic mass is 32.2. The second-order valence-corrected chi connectivity index (χ2v) is 8.99. The Balaban J connectivity index is 1.95. The van der Waals surface area contributed by atoms with Crippen molar-refractivity contribution in [2.45, 2.75) is 32.1 Å². The molecule has 30 heavy (non-hydrogen) atoms. The van der Waals surface area contributed by atoms with Crippen molar-refractivity contribution in [2.75, 3.05) is 44.5 Å². The lowest BCUT2D eigenvalue weighted by atomic mass is 9.96. The number of carbonyl (C=O) groups is 1. The fraction of sp³-hybridized carbons (Fsp3) is 0.632. The number of carbonyl (C=O) groups excluding carboxylic acids is 1. The molecule has 1 fully saturated rings. The van der Waals surface area contributed by atoms with Crippen molar-refractivity contribution in [3.63, 3.8) is 0 Å². The quantitative estimate of drug-likeness (QED) is 0.328. The number of benzene rings is 1. The lowest BCUT2D eigenvalue weighted by Gasteiger charge is -2.22. The van der Waals surface area contributed by atoms with Crippen LogP contribution in [-0.4, -0.2) is 54.5 Å². The second-order valence-electron chi connectivity index (χ2n) is 7.40. The van der Waals surface area contributed by atoms with Gasteiger partial charge in [0.2, 0.25) is 0 Å². The molecular formula is C19H28FN3O6S. The first kappa shape index (κ1) is 22.7. The van der Waals surface area contributed by atoms with Crippen molar-refractivity contribution in [1.29, 1.82) is 0 Å². The molecule has 0 saturated carbocycles. The smallest absolute Gasteiger partial charge is 0.326 e. The number of hydrogen-bond donors (Lipinski definition) is 2. The zero-order valence-corrected chi connectivity index (χ0v) is 17.8. The molecule has 1 heterocycles. The number of nitrogens with zero attached hydrogens (tertiary/aromatic N) is 1. The number of methoxy groups -OCH3 is 1. The predicted octanol–water partition coefficient (Wildman–Crippen LogP) is 0.850. The summed E-state index contributed by atoms with van der Waals surface area (Å²) in [4.78, 5) is 11.7. The summed E-state index contributed by atoms with van der Waals surface area (Å²) >= 11 is 0. The Bertz CT molecular complexity index is 880. The molecule has 1 saturated heterocycles. The normalized spacial score (nSPS) is 20.6. The summed E-state index contributed by atoms with van der Waals surface area (Å²) in [7, 11) is -2.66. The third kappa shape index (κ3) is 5.02. The fourth-order valence-corrected chi connectivity index (χ4v) is 5.03. The van der Waals surface area contributed by atoms with Crippen molar-refractivity contribution in [3.05, 3.63) is 23.0 Å². The summed E-state index contributed by atoms with van der Waals surface area (Å²) in [6.07, 6.45) is 3.61. The van der Waals surface area contributed by atoms with Gasteiger partial charge in [0, 0.05) is 7.11 Å². The zero-order chi connectivity index (χ0) is 21.7. The van der Waals surface area contributed by atoms with E-state index in [0.29, 0.717) is 37.5 Å². The molecule has 3 rings (SSSR count). The minimum absolute atomic E-state index is 0.0287. The molecule has 1 amide bonds. The Morgan fingerprint density at radius 1 is 1.30 bits per heavy atom. The molecule has 2 aliphatic rings. The van der Waals surface area contributed by atoms with E-state index >= 15 is 4.39 Å². The van der Waals surface area contributed by atoms with E-state index in [1.807, 2.05) is 4.72 Å². The van der Waals surface area contributed by atoms with Crippen LogP contribution in [0.1, 0.15) is 30.4 Å². The first-order chi connectivity index (χ1) is 14.4. The molecule has 1 aromatic carbocycles. The number of aryl methyl sites for hydroxylation is 1. The van der Waals surface area contributed by atoms with Gasteiger partial charge in [-0.3, -0.25) is 4.79 Å². The zero-order valence-electron chi connectivity index (χ0n) is 17.0. The van der Waals surface area contributed by atoms with Crippen LogP contribution in [0, 0.1) is 11.7 Å². The Kier molecular flexibility index (Phi) is 7.50. The van der Waals surface area contributed by atoms with Crippen LogP contribution in [-0.2, 0) is 37.3 Å². The third-order valence-electron chi connectivity index (χ3n) is 5.40. The van der Waals surface area contributed by atoms with Crippen molar-refractivity contribution in [1.82, 2.24) is 4.72 Å². The highest BCUT2D eigenvalue weighted by Gasteiger charge is 2.39. The SMILES string of the molecule is COCCOCOc1cc2c(c(F)c1N1CC(=O)NS1(=O)=O)CC[C@@H](CCN)CC2. The van der Waals surface area contributed by atoms with E-state index in [1.54, 1.807) is 6.07 Å². The molecule has 3 N–H and O–H groups in total. The number of nitrogens with one attached hydrogen (secondary N) is 1. The number of ether oxygens (including phenoxy) is 3. The lowest BCUT2D eigenvalue weighted by Crippen LogP contribution is -2.31. The first-order valence-corrected chi connectivity index (χ1v) is 11.4. The van der Waals surface area contributed by atoms with Crippen LogP contribution in [0.15, 0.2) is 6.07 Å². The predicted molar refractivity (Wildman–Crippen MR) is 108 cm³/mol. The molecule has 0 spiro atoms. The van der Waals surface area contributed by atoms with E-state index in [0.717, 1.165) is 29.1 Å². The maximum Gasteiger partial charge on any atom is 0.326 e. The molecule has 0 aromatic heterocycles. The minimum atomic E-state index is -4.19. The first-order valence-electron chi connectivity index (χ1n) is 9.94. The Hall–Kier alpha value is -1.95. The Morgan fingerprint density at radius 3 is 2.73 bits per heavy atom. The van der Waals surface area contributed by atoms with Gasteiger partial charge in [-0.15, -0.1) is 0 Å². The number of rotatable bonds is 9. The van der Waals surface area contributed by atoms with Crippen LogP contribution in [0.25, 0.3) is 0 Å². The van der Waals surface area contributed by atoms with Gasteiger partial charge in [0.25, 0.3) is 5.91 Å². The number of nitrogens with two attached hydrogens (primary N) is 1. The van der Waals surface area contributed by atoms with Gasteiger partial charge in [-0.25, -0.2) is 13.4 Å². The van der Waals surface area contributed by atoms with Crippen molar-refractivity contribution >= 4 is 21.8 Å². The second kappa shape index (κ2) is 9.90. The number of halogens is 1. The Labute approximate surface area is 175 Å². The summed E-state index contributed by atoms with van der Waals surface area (Å²) in [5, 5.41) is 0. The van der Waals surface area contributed by atoms with Crippen LogP contribution in [0.5, 0.6) is 5.75 Å². The molecule has 1 aromatic rings. The van der Waals surface area contributed by atoms with Gasteiger partial charge < -0.3 is 19.9 Å². The molecule has 11 heteroatoms. The average molecular weight is 446 g/mol. The van der Waals surface area contributed by atoms with E-state index < -0.39 is 28.5 Å². The van der Waals surface area contributed by atoms with Gasteiger partial charge >= 0.3 is 10.2 Å². The molecule has 1 aliphatic carbocycles. The molecule has 0 bridgehead atoms. The lowest BCUT2D eigenvalue weighted by molar-refractivity contribution is -0.117. The van der Waals surface area contributed by atoms with Crippen molar-refractivity contribution < 1.29 is 31.8 Å². The van der Waals surface area contributed by atoms with E-state index in [1.165, 1.54) is 7.11 Å². The number of amides is 1. The maximum absolute atomic E-state index is 15.6. The fourth-order valence-electron chi connectivity index (χ4n) is 3.87. The van der Waals surface area contributed by atoms with Crippen LogP contribution in [0.4, 0.5) is 10.1 Å². The molecular weight excluding hydrogens is 417 g/mol. The molecule has 1 aliphatic heterocycles. The number of fused-ring (bicyclic) bond motifs is 1. The third-order valence-corrected chi connectivity index (χ3v) is 6.78. The monoisotopic (exact) mass is 445 g/mol. The molecule has 0 radical (unpaired) electrons. The molecule has 168 valence electrons. The van der Waals surface area contributed by atoms with Gasteiger partial charge in [-0.2, -0.15) is 8.42 Å². The highest BCUT2D eigenvalue weighted by Crippen LogP contribution is 2.40. The summed E-state index contributed by atoms with van der Waals surface area (Å²) in [5.41, 5.74) is 6.66. The number of anilines is 1. The van der Waals surface area contributed by atoms with Crippen molar-refractivity contribution in [2.24, 2.45) is 11.7 Å². The van der Waals surface area contributed by atoms with E-state index in [2.05, 4.69) is 0 Å². The average Bonchev–Trinajstić information content (AvgIpc) is 2.84. The minimum Gasteiger partial charge on any atom is -0.465 e. The standard InChI is InChI=1S/C19H28FN3O6S/c1-27-8-9-28-12-29-16-10-14-4-2-13(6-7-21)3-5-15(14)18(20)19(16)23-11-17(24)22-30(23,25)26/h10,13H,2-9,11-12,21H2,1H3,(H,22,24)/t13-/m0/s1. The summed E-state index contributed by atoms with van der Waals surface area (Å²) in [6, 6.07) is 1.66. The van der Waals surface area contributed by atoms with E-state index in [9.17, 15) is 13.2 Å². The Morgan fingerprint density at radius 2 is 2.07 bits per heavy atom. The number of hydrogen-bond acceptors (Lipinski definition) is 7. The molecule has 9 nitrogen and oxygen atoms in total. The van der Waals surface area contributed by atoms with Gasteiger partial charge in [0.15, 0.2) is 12.6 Å². The van der Waals surface area contributed by atoms with Gasteiger partial charge in [0.05, 0.1) is 13.2 Å². The van der Waals surface area contributed by atoms with Crippen molar-refractivity contribution in [3.8, 4) is 5.75 Å². The van der Waals surface area contributed by atoms with Gasteiger partial charge in [-0.05, 0) is 61.8 Å². The molecule has 0 unspecified atom stereocenters.